The van der Waals surface area contributed by atoms with Crippen molar-refractivity contribution in [3.8, 4) is 16.9 Å². The number of aliphatic carboxylic acids is 1. The van der Waals surface area contributed by atoms with Crippen LogP contribution in [0.15, 0.2) is 36.5 Å². The van der Waals surface area contributed by atoms with E-state index in [1.165, 1.54) is 12.1 Å². The normalized spacial score (nSPS) is 23.7. The molecule has 1 aromatic carbocycles. The van der Waals surface area contributed by atoms with Gasteiger partial charge < -0.3 is 14.8 Å². The average Bonchev–Trinajstić information content (AvgIpc) is 3.39. The topological polar surface area (TPSA) is 78.5 Å². The fraction of sp³-hybridized carbons (Fsp3) is 0.391. The van der Waals surface area contributed by atoms with Crippen molar-refractivity contribution >= 4 is 17.0 Å². The van der Waals surface area contributed by atoms with Gasteiger partial charge in [-0.05, 0) is 66.5 Å². The van der Waals surface area contributed by atoms with Gasteiger partial charge in [0.05, 0.1) is 13.7 Å². The summed E-state index contributed by atoms with van der Waals surface area (Å²) in [6, 6.07) is 8.57. The number of hydrogen-bond acceptors (Lipinski definition) is 4. The van der Waals surface area contributed by atoms with Gasteiger partial charge in [-0.1, -0.05) is 0 Å². The lowest BCUT2D eigenvalue weighted by Crippen LogP contribution is -2.28. The molecule has 3 atom stereocenters. The van der Waals surface area contributed by atoms with Crippen LogP contribution in [0.2, 0.25) is 0 Å². The molecule has 1 saturated heterocycles. The highest BCUT2D eigenvalue weighted by molar-refractivity contribution is 5.95. The van der Waals surface area contributed by atoms with Crippen molar-refractivity contribution in [2.45, 2.75) is 18.8 Å². The van der Waals surface area contributed by atoms with E-state index in [-0.39, 0.29) is 12.4 Å². The summed E-state index contributed by atoms with van der Waals surface area (Å²) in [4.78, 5) is 21.0. The molecule has 0 amide bonds. The van der Waals surface area contributed by atoms with Crippen LogP contribution in [-0.2, 0) is 4.79 Å². The SMILES string of the molecule is COc1ccc(F)cc1-c1ccnc2[nH]c(C3C[C@@H]4CN(CC(=O)O)C[C@@H]4C3)cc12. The highest BCUT2D eigenvalue weighted by atomic mass is 19.1. The minimum absolute atomic E-state index is 0.132. The summed E-state index contributed by atoms with van der Waals surface area (Å²) in [6.07, 6.45) is 3.83. The van der Waals surface area contributed by atoms with E-state index in [9.17, 15) is 9.18 Å². The number of methoxy groups -OCH3 is 1. The lowest BCUT2D eigenvalue weighted by molar-refractivity contribution is -0.138. The summed E-state index contributed by atoms with van der Waals surface area (Å²) in [5.74, 6) is 1.05. The van der Waals surface area contributed by atoms with E-state index in [2.05, 4.69) is 20.9 Å². The predicted octanol–water partition coefficient (Wildman–Crippen LogP) is 3.89. The second kappa shape index (κ2) is 7.40. The molecule has 2 fully saturated rings. The largest absolute Gasteiger partial charge is 0.496 e. The summed E-state index contributed by atoms with van der Waals surface area (Å²) in [5, 5.41) is 10.00. The molecule has 6 nitrogen and oxygen atoms in total. The number of H-pyrrole nitrogens is 1. The Morgan fingerprint density at radius 2 is 2.00 bits per heavy atom. The molecule has 3 aromatic rings. The fourth-order valence-corrected chi connectivity index (χ4v) is 5.36. The van der Waals surface area contributed by atoms with Crippen LogP contribution in [0.1, 0.15) is 24.5 Å². The van der Waals surface area contributed by atoms with E-state index < -0.39 is 5.97 Å². The second-order valence-electron chi connectivity index (χ2n) is 8.47. The van der Waals surface area contributed by atoms with Gasteiger partial charge in [0.2, 0.25) is 0 Å². The van der Waals surface area contributed by atoms with E-state index >= 15 is 0 Å². The molecular formula is C23H24FN3O3. The van der Waals surface area contributed by atoms with Crippen LogP contribution in [-0.4, -0.2) is 52.7 Å². The Bertz CT molecular complexity index is 1100. The van der Waals surface area contributed by atoms with Crippen molar-refractivity contribution < 1.29 is 19.0 Å². The number of fused-ring (bicyclic) bond motifs is 2. The second-order valence-corrected chi connectivity index (χ2v) is 8.47. The van der Waals surface area contributed by atoms with Crippen LogP contribution in [0, 0.1) is 17.7 Å². The first-order valence-corrected chi connectivity index (χ1v) is 10.3. The third-order valence-electron chi connectivity index (χ3n) is 6.63. The molecular weight excluding hydrogens is 385 g/mol. The molecule has 3 heterocycles. The number of aromatic amines is 1. The monoisotopic (exact) mass is 409 g/mol. The Kier molecular flexibility index (Phi) is 4.70. The van der Waals surface area contributed by atoms with E-state index in [0.717, 1.165) is 48.2 Å². The third kappa shape index (κ3) is 3.33. The molecule has 0 bridgehead atoms. The quantitative estimate of drug-likeness (QED) is 0.669. The molecule has 1 unspecified atom stereocenters. The van der Waals surface area contributed by atoms with Gasteiger partial charge in [0, 0.05) is 35.9 Å². The number of benzene rings is 1. The standard InChI is InChI=1S/C23H24FN3O3/c1-30-21-3-2-16(24)8-18(21)17-4-5-25-23-19(17)9-20(26-23)13-6-14-10-27(12-22(28)29)11-15(14)7-13/h2-5,8-9,13-15H,6-7,10-12H2,1H3,(H,25,26)(H,28,29)/t13?,14-,15+. The smallest absolute Gasteiger partial charge is 0.317 e. The van der Waals surface area contributed by atoms with Gasteiger partial charge in [0.15, 0.2) is 0 Å². The Hall–Kier alpha value is -2.93. The van der Waals surface area contributed by atoms with E-state index in [1.807, 2.05) is 6.07 Å². The Balaban J connectivity index is 1.43. The molecule has 0 spiro atoms. The van der Waals surface area contributed by atoms with Crippen molar-refractivity contribution in [1.29, 1.82) is 0 Å². The minimum Gasteiger partial charge on any atom is -0.496 e. The molecule has 1 saturated carbocycles. The number of aromatic nitrogens is 2. The van der Waals surface area contributed by atoms with Gasteiger partial charge in [0.1, 0.15) is 17.2 Å². The van der Waals surface area contributed by atoms with E-state index in [0.29, 0.717) is 29.1 Å². The Morgan fingerprint density at radius 3 is 2.70 bits per heavy atom. The Morgan fingerprint density at radius 1 is 1.23 bits per heavy atom. The van der Waals surface area contributed by atoms with Crippen molar-refractivity contribution in [2.75, 3.05) is 26.7 Å². The predicted molar refractivity (Wildman–Crippen MR) is 111 cm³/mol. The number of carboxylic acids is 1. The molecule has 2 aromatic heterocycles. The van der Waals surface area contributed by atoms with Gasteiger partial charge in [-0.15, -0.1) is 0 Å². The number of nitrogens with zero attached hydrogens (tertiary/aromatic N) is 2. The lowest BCUT2D eigenvalue weighted by atomic mass is 9.99. The van der Waals surface area contributed by atoms with Crippen molar-refractivity contribution in [1.82, 2.24) is 14.9 Å². The molecule has 1 aliphatic heterocycles. The van der Waals surface area contributed by atoms with Crippen molar-refractivity contribution in [3.63, 3.8) is 0 Å². The first kappa shape index (κ1) is 19.1. The maximum Gasteiger partial charge on any atom is 0.317 e. The number of carboxylic acid groups (broad SMARTS) is 1. The summed E-state index contributed by atoms with van der Waals surface area (Å²) in [6.45, 7) is 1.85. The van der Waals surface area contributed by atoms with Crippen LogP contribution >= 0.6 is 0 Å². The molecule has 5 rings (SSSR count). The van der Waals surface area contributed by atoms with Crippen LogP contribution in [0.4, 0.5) is 4.39 Å². The number of ether oxygens (including phenoxy) is 1. The number of nitrogens with one attached hydrogen (secondary N) is 1. The highest BCUT2D eigenvalue weighted by Crippen LogP contribution is 2.47. The van der Waals surface area contributed by atoms with Crippen LogP contribution in [0.5, 0.6) is 5.75 Å². The van der Waals surface area contributed by atoms with Gasteiger partial charge >= 0.3 is 5.97 Å². The number of carbonyl (C=O) groups is 1. The first-order valence-electron chi connectivity index (χ1n) is 10.3. The molecule has 7 heteroatoms. The maximum absolute atomic E-state index is 13.9. The van der Waals surface area contributed by atoms with E-state index in [4.69, 9.17) is 9.84 Å². The molecule has 2 N–H and O–H groups in total. The Labute approximate surface area is 173 Å². The van der Waals surface area contributed by atoms with Gasteiger partial charge in [-0.2, -0.15) is 0 Å². The number of pyridine rings is 1. The summed E-state index contributed by atoms with van der Waals surface area (Å²) in [5.41, 5.74) is 3.55. The number of likely N-dealkylation sites (tertiary alicyclic amines) is 1. The highest BCUT2D eigenvalue weighted by Gasteiger charge is 2.42. The minimum atomic E-state index is -0.756. The zero-order valence-electron chi connectivity index (χ0n) is 16.8. The third-order valence-corrected chi connectivity index (χ3v) is 6.63. The number of rotatable bonds is 5. The molecule has 156 valence electrons. The summed E-state index contributed by atoms with van der Waals surface area (Å²) < 4.78 is 19.4. The van der Waals surface area contributed by atoms with Gasteiger partial charge in [0.25, 0.3) is 0 Å². The van der Waals surface area contributed by atoms with Gasteiger partial charge in [-0.25, -0.2) is 9.37 Å². The van der Waals surface area contributed by atoms with E-state index in [1.54, 1.807) is 19.4 Å². The van der Waals surface area contributed by atoms with Crippen molar-refractivity contribution in [2.24, 2.45) is 11.8 Å². The number of hydrogen-bond donors (Lipinski definition) is 2. The molecule has 30 heavy (non-hydrogen) atoms. The van der Waals surface area contributed by atoms with Crippen LogP contribution < -0.4 is 4.74 Å². The fourth-order valence-electron chi connectivity index (χ4n) is 5.36. The summed E-state index contributed by atoms with van der Waals surface area (Å²) in [7, 11) is 1.59. The van der Waals surface area contributed by atoms with Crippen LogP contribution in [0.3, 0.4) is 0 Å². The molecule has 2 aliphatic rings. The summed E-state index contributed by atoms with van der Waals surface area (Å²) >= 11 is 0. The lowest BCUT2D eigenvalue weighted by Gasteiger charge is -2.16. The van der Waals surface area contributed by atoms with Crippen LogP contribution in [0.25, 0.3) is 22.2 Å². The number of halogens is 1. The molecule has 1 aliphatic carbocycles. The van der Waals surface area contributed by atoms with Crippen molar-refractivity contribution in [3.05, 3.63) is 48.0 Å². The average molecular weight is 409 g/mol. The first-order chi connectivity index (χ1) is 14.5. The zero-order chi connectivity index (χ0) is 20.8. The van der Waals surface area contributed by atoms with Gasteiger partial charge in [-0.3, -0.25) is 9.69 Å². The zero-order valence-corrected chi connectivity index (χ0v) is 16.8. The maximum atomic E-state index is 13.9. The molecule has 0 radical (unpaired) electrons.